The van der Waals surface area contributed by atoms with Crippen LogP contribution in [0, 0.1) is 0 Å². The van der Waals surface area contributed by atoms with Crippen molar-refractivity contribution in [3.63, 3.8) is 0 Å². The third kappa shape index (κ3) is 21.1. The maximum absolute atomic E-state index is 5.98. The molecule has 1 heterocycles. The molecule has 164 valence electrons. The molecule has 0 saturated carbocycles. The first kappa shape index (κ1) is 27.6. The molecule has 0 spiro atoms. The Morgan fingerprint density at radius 2 is 1.33 bits per heavy atom. The zero-order chi connectivity index (χ0) is 20.2. The standard InChI is InChI=1S/C20H39IO2.C3H9N/c1-2-3-4-5-6-7-8-9-10-11-12-14-19-15-16-20(23-19)22-18-13-17-21;1-4(2)3/h19-20H,2-18H2,1H3;1-3H3. The van der Waals surface area contributed by atoms with Crippen LogP contribution in [-0.2, 0) is 9.47 Å². The van der Waals surface area contributed by atoms with Crippen molar-refractivity contribution in [2.75, 3.05) is 32.2 Å². The first-order valence-corrected chi connectivity index (χ1v) is 13.1. The minimum Gasteiger partial charge on any atom is -0.353 e. The highest BCUT2D eigenvalue weighted by atomic mass is 127. The third-order valence-corrected chi connectivity index (χ3v) is 5.54. The van der Waals surface area contributed by atoms with Gasteiger partial charge in [0.05, 0.1) is 12.7 Å². The molecule has 0 aliphatic carbocycles. The lowest BCUT2D eigenvalue weighted by Gasteiger charge is -2.14. The van der Waals surface area contributed by atoms with Gasteiger partial charge in [-0.25, -0.2) is 0 Å². The Morgan fingerprint density at radius 1 is 0.815 bits per heavy atom. The van der Waals surface area contributed by atoms with E-state index in [9.17, 15) is 0 Å². The fourth-order valence-corrected chi connectivity index (χ4v) is 3.62. The van der Waals surface area contributed by atoms with Gasteiger partial charge in [0.15, 0.2) is 6.29 Å². The summed E-state index contributed by atoms with van der Waals surface area (Å²) in [5.41, 5.74) is 0. The molecule has 0 aromatic carbocycles. The van der Waals surface area contributed by atoms with Crippen LogP contribution in [0.25, 0.3) is 0 Å². The Morgan fingerprint density at radius 3 is 1.85 bits per heavy atom. The van der Waals surface area contributed by atoms with Crippen molar-refractivity contribution in [1.29, 1.82) is 0 Å². The zero-order valence-electron chi connectivity index (χ0n) is 18.8. The Balaban J connectivity index is 0.00000153. The maximum atomic E-state index is 5.98. The molecule has 2 atom stereocenters. The average molecular weight is 498 g/mol. The Bertz CT molecular complexity index is 287. The van der Waals surface area contributed by atoms with E-state index >= 15 is 0 Å². The fourth-order valence-electron chi connectivity index (χ4n) is 3.31. The van der Waals surface area contributed by atoms with E-state index in [-0.39, 0.29) is 6.29 Å². The average Bonchev–Trinajstić information content (AvgIpc) is 3.07. The highest BCUT2D eigenvalue weighted by molar-refractivity contribution is 14.1. The van der Waals surface area contributed by atoms with Gasteiger partial charge in [-0.15, -0.1) is 0 Å². The Kier molecular flexibility index (Phi) is 21.8. The Hall–Kier alpha value is 0.610. The lowest BCUT2D eigenvalue weighted by atomic mass is 10.0. The molecule has 2 unspecified atom stereocenters. The largest absolute Gasteiger partial charge is 0.353 e. The summed E-state index contributed by atoms with van der Waals surface area (Å²) in [4.78, 5) is 2.00. The van der Waals surface area contributed by atoms with Crippen molar-refractivity contribution in [1.82, 2.24) is 4.90 Å². The van der Waals surface area contributed by atoms with Crippen molar-refractivity contribution in [3.8, 4) is 0 Å². The predicted molar refractivity (Wildman–Crippen MR) is 128 cm³/mol. The van der Waals surface area contributed by atoms with E-state index in [0.717, 1.165) is 19.4 Å². The second-order valence-corrected chi connectivity index (χ2v) is 9.42. The molecular weight excluding hydrogens is 449 g/mol. The van der Waals surface area contributed by atoms with Crippen LogP contribution in [0.4, 0.5) is 0 Å². The lowest BCUT2D eigenvalue weighted by Crippen LogP contribution is -2.15. The number of hydrogen-bond acceptors (Lipinski definition) is 3. The van der Waals surface area contributed by atoms with Crippen molar-refractivity contribution >= 4 is 22.6 Å². The van der Waals surface area contributed by atoms with Gasteiger partial charge in [0.25, 0.3) is 0 Å². The number of nitrogens with zero attached hydrogens (tertiary/aromatic N) is 1. The van der Waals surface area contributed by atoms with Gasteiger partial charge in [-0.05, 0) is 40.4 Å². The third-order valence-electron chi connectivity index (χ3n) is 4.78. The predicted octanol–water partition coefficient (Wildman–Crippen LogP) is 7.21. The quantitative estimate of drug-likeness (QED) is 0.128. The van der Waals surface area contributed by atoms with Crippen LogP contribution in [0.2, 0.25) is 0 Å². The molecule has 0 amide bonds. The summed E-state index contributed by atoms with van der Waals surface area (Å²) in [6, 6.07) is 0. The van der Waals surface area contributed by atoms with Gasteiger partial charge in [0, 0.05) is 10.8 Å². The molecule has 3 nitrogen and oxygen atoms in total. The van der Waals surface area contributed by atoms with Gasteiger partial charge in [0.1, 0.15) is 0 Å². The van der Waals surface area contributed by atoms with E-state index < -0.39 is 0 Å². The van der Waals surface area contributed by atoms with Gasteiger partial charge in [-0.2, -0.15) is 0 Å². The van der Waals surface area contributed by atoms with Crippen molar-refractivity contribution < 1.29 is 9.47 Å². The number of ether oxygens (including phenoxy) is 2. The molecule has 0 aromatic rings. The van der Waals surface area contributed by atoms with Crippen molar-refractivity contribution in [2.45, 2.75) is 116 Å². The van der Waals surface area contributed by atoms with Crippen LogP contribution in [0.1, 0.15) is 103 Å². The number of hydrogen-bond donors (Lipinski definition) is 0. The van der Waals surface area contributed by atoms with E-state index in [0.29, 0.717) is 6.10 Å². The van der Waals surface area contributed by atoms with Gasteiger partial charge >= 0.3 is 0 Å². The van der Waals surface area contributed by atoms with Crippen LogP contribution in [0.15, 0.2) is 0 Å². The monoisotopic (exact) mass is 497 g/mol. The zero-order valence-corrected chi connectivity index (χ0v) is 21.0. The topological polar surface area (TPSA) is 21.7 Å². The molecule has 1 saturated heterocycles. The molecule has 0 radical (unpaired) electrons. The summed E-state index contributed by atoms with van der Waals surface area (Å²) in [7, 11) is 6.00. The molecule has 1 aliphatic rings. The molecule has 0 N–H and O–H groups in total. The summed E-state index contributed by atoms with van der Waals surface area (Å²) in [6.45, 7) is 3.15. The van der Waals surface area contributed by atoms with E-state index in [1.54, 1.807) is 0 Å². The van der Waals surface area contributed by atoms with Gasteiger partial charge in [0.2, 0.25) is 0 Å². The molecule has 0 bridgehead atoms. The van der Waals surface area contributed by atoms with E-state index in [1.165, 1.54) is 87.9 Å². The highest BCUT2D eigenvalue weighted by Crippen LogP contribution is 2.25. The first-order valence-electron chi connectivity index (χ1n) is 11.5. The summed E-state index contributed by atoms with van der Waals surface area (Å²) < 4.78 is 12.9. The lowest BCUT2D eigenvalue weighted by molar-refractivity contribution is -0.134. The van der Waals surface area contributed by atoms with Crippen LogP contribution in [0.3, 0.4) is 0 Å². The van der Waals surface area contributed by atoms with E-state index in [1.807, 2.05) is 26.0 Å². The van der Waals surface area contributed by atoms with Gasteiger partial charge in [-0.3, -0.25) is 0 Å². The normalized spacial score (nSPS) is 19.3. The number of unbranched alkanes of at least 4 members (excludes halogenated alkanes) is 10. The Labute approximate surface area is 184 Å². The van der Waals surface area contributed by atoms with Crippen molar-refractivity contribution in [3.05, 3.63) is 0 Å². The van der Waals surface area contributed by atoms with Crippen LogP contribution in [-0.4, -0.2) is 49.5 Å². The molecule has 0 aromatic heterocycles. The van der Waals surface area contributed by atoms with Crippen LogP contribution in [0.5, 0.6) is 0 Å². The number of alkyl halides is 1. The maximum Gasteiger partial charge on any atom is 0.158 e. The van der Waals surface area contributed by atoms with Crippen LogP contribution >= 0.6 is 22.6 Å². The minimum atomic E-state index is 0.0932. The SMILES string of the molecule is CCCCCCCCCCCCCC1CCC(OCCCI)O1.CN(C)C. The summed E-state index contributed by atoms with van der Waals surface area (Å²) in [5.74, 6) is 0. The number of halogens is 1. The number of rotatable bonds is 16. The minimum absolute atomic E-state index is 0.0932. The molecule has 27 heavy (non-hydrogen) atoms. The summed E-state index contributed by atoms with van der Waals surface area (Å²) >= 11 is 2.40. The van der Waals surface area contributed by atoms with Crippen molar-refractivity contribution in [2.24, 2.45) is 0 Å². The van der Waals surface area contributed by atoms with E-state index in [4.69, 9.17) is 9.47 Å². The van der Waals surface area contributed by atoms with Crippen LogP contribution < -0.4 is 0 Å². The second-order valence-electron chi connectivity index (χ2n) is 8.34. The highest BCUT2D eigenvalue weighted by Gasteiger charge is 2.24. The second kappa shape index (κ2) is 21.3. The smallest absolute Gasteiger partial charge is 0.158 e. The molecule has 4 heteroatoms. The summed E-state index contributed by atoms with van der Waals surface area (Å²) in [6.07, 6.45) is 20.8. The first-order chi connectivity index (χ1) is 13.1. The summed E-state index contributed by atoms with van der Waals surface area (Å²) in [5, 5.41) is 0. The molecular formula is C23H48INO2. The molecule has 1 rings (SSSR count). The van der Waals surface area contributed by atoms with Gasteiger partial charge < -0.3 is 14.4 Å². The molecule has 1 aliphatic heterocycles. The van der Waals surface area contributed by atoms with Gasteiger partial charge in [-0.1, -0.05) is 100 Å². The molecule has 1 fully saturated rings. The fraction of sp³-hybridized carbons (Fsp3) is 1.00. The van der Waals surface area contributed by atoms with E-state index in [2.05, 4.69) is 29.5 Å².